The van der Waals surface area contributed by atoms with Gasteiger partial charge in [-0.15, -0.1) is 0 Å². The lowest BCUT2D eigenvalue weighted by molar-refractivity contribution is -0.140. The molecule has 7 nitrogen and oxygen atoms in total. The van der Waals surface area contributed by atoms with Crippen molar-refractivity contribution in [2.75, 3.05) is 0 Å². The molecule has 0 aliphatic carbocycles. The fraction of sp³-hybridized carbons (Fsp3) is 0.667. The van der Waals surface area contributed by atoms with E-state index in [0.29, 0.717) is 0 Å². The molecule has 0 aliphatic rings. The summed E-state index contributed by atoms with van der Waals surface area (Å²) in [7, 11) is -4.80. The molecule has 0 fully saturated rings. The maximum absolute atomic E-state index is 10.0. The molecule has 11 heavy (non-hydrogen) atoms. The number of hydrogen-bond acceptors (Lipinski definition) is 5. The average Bonchev–Trinajstić information content (AvgIpc) is 1.82. The Morgan fingerprint density at radius 1 is 1.45 bits per heavy atom. The third-order valence-electron chi connectivity index (χ3n) is 0.898. The third-order valence-corrected chi connectivity index (χ3v) is 1.80. The minimum atomic E-state index is -4.80. The van der Waals surface area contributed by atoms with Crippen LogP contribution in [0, 0.1) is 0 Å². The van der Waals surface area contributed by atoms with Crippen molar-refractivity contribution in [3.63, 3.8) is 0 Å². The van der Waals surface area contributed by atoms with Gasteiger partial charge in [-0.1, -0.05) is 0 Å². The molecule has 0 aromatic heterocycles. The van der Waals surface area contributed by atoms with Crippen molar-refractivity contribution in [2.45, 2.75) is 11.5 Å². The molecule has 0 radical (unpaired) electrons. The van der Waals surface area contributed by atoms with E-state index in [2.05, 4.69) is 5.73 Å². The van der Waals surface area contributed by atoms with Gasteiger partial charge in [0.15, 0.2) is 0 Å². The largest absolute Gasteiger partial charge is 0.480 e. The van der Waals surface area contributed by atoms with Crippen molar-refractivity contribution in [3.05, 3.63) is 0 Å². The van der Waals surface area contributed by atoms with Crippen molar-refractivity contribution in [1.82, 2.24) is 0 Å². The smallest absolute Gasteiger partial charge is 0.324 e. The number of carbonyl (C=O) groups is 1. The van der Waals surface area contributed by atoms with E-state index in [4.69, 9.17) is 14.8 Å². The molecule has 1 unspecified atom stereocenters. The number of aliphatic hydroxyl groups excluding tert-OH is 1. The number of nitrogens with two attached hydrogens (primary N) is 1. The molecule has 0 aromatic rings. The van der Waals surface area contributed by atoms with E-state index in [1.165, 1.54) is 0 Å². The predicted octanol–water partition coefficient (Wildman–Crippen LogP) is -2.40. The topological polar surface area (TPSA) is 138 Å². The molecule has 0 bridgehead atoms. The van der Waals surface area contributed by atoms with Crippen LogP contribution in [0.5, 0.6) is 0 Å². The number of carboxylic acid groups (broad SMARTS) is 1. The summed E-state index contributed by atoms with van der Waals surface area (Å²) in [6, 6.07) is -2.04. The van der Waals surface area contributed by atoms with Crippen LogP contribution in [0.3, 0.4) is 0 Å². The van der Waals surface area contributed by atoms with Crippen LogP contribution in [0.25, 0.3) is 0 Å². The average molecular weight is 185 g/mol. The molecule has 0 saturated carbocycles. The molecule has 0 amide bonds. The third kappa shape index (κ3) is 2.80. The van der Waals surface area contributed by atoms with Gasteiger partial charge in [-0.05, 0) is 0 Å². The Kier molecular flexibility index (Phi) is 2.93. The molecule has 0 spiro atoms. The molecule has 0 aromatic carbocycles. The van der Waals surface area contributed by atoms with Gasteiger partial charge < -0.3 is 15.9 Å². The lowest BCUT2D eigenvalue weighted by atomic mass is 10.3. The van der Waals surface area contributed by atoms with Crippen molar-refractivity contribution in [2.24, 2.45) is 5.73 Å². The Balaban J connectivity index is 4.51. The van der Waals surface area contributed by atoms with Crippen molar-refractivity contribution in [3.8, 4) is 0 Å². The summed E-state index contributed by atoms with van der Waals surface area (Å²) in [6.45, 7) is 0. The molecule has 2 atom stereocenters. The zero-order chi connectivity index (χ0) is 9.23. The molecule has 5 N–H and O–H groups in total. The summed E-state index contributed by atoms with van der Waals surface area (Å²) in [5.41, 5.74) is 2.17. The molecule has 66 valence electrons. The summed E-state index contributed by atoms with van der Waals surface area (Å²) in [5.74, 6) is -1.71. The minimum absolute atomic E-state index is 1.71. The van der Waals surface area contributed by atoms with Gasteiger partial charge in [0.05, 0.1) is 0 Å². The summed E-state index contributed by atoms with van der Waals surface area (Å²) < 4.78 is 28.2. The SMILES string of the molecule is N[C@H](C(=O)O)C(O)S(=O)(=O)O. The molecule has 0 aliphatic heterocycles. The van der Waals surface area contributed by atoms with E-state index < -0.39 is 27.6 Å². The number of aliphatic hydroxyl groups is 1. The number of carboxylic acids is 1. The van der Waals surface area contributed by atoms with Crippen molar-refractivity contribution < 1.29 is 28.0 Å². The van der Waals surface area contributed by atoms with Crippen LogP contribution in [-0.4, -0.2) is 40.6 Å². The number of hydrogen-bond donors (Lipinski definition) is 4. The Bertz CT molecular complexity index is 245. The maximum atomic E-state index is 10.0. The van der Waals surface area contributed by atoms with E-state index in [1.54, 1.807) is 0 Å². The highest BCUT2D eigenvalue weighted by atomic mass is 32.2. The Morgan fingerprint density at radius 3 is 1.91 bits per heavy atom. The van der Waals surface area contributed by atoms with Crippen LogP contribution < -0.4 is 5.73 Å². The summed E-state index contributed by atoms with van der Waals surface area (Å²) in [4.78, 5) is 9.93. The van der Waals surface area contributed by atoms with Crippen molar-refractivity contribution >= 4 is 16.1 Å². The van der Waals surface area contributed by atoms with Gasteiger partial charge in [-0.3, -0.25) is 9.35 Å². The van der Waals surface area contributed by atoms with E-state index in [1.807, 2.05) is 0 Å². The second-order valence-corrected chi connectivity index (χ2v) is 3.28. The highest BCUT2D eigenvalue weighted by Gasteiger charge is 2.32. The molecular weight excluding hydrogens is 178 g/mol. The first-order chi connectivity index (χ1) is 4.76. The van der Waals surface area contributed by atoms with Gasteiger partial charge in [0.2, 0.25) is 5.44 Å². The summed E-state index contributed by atoms with van der Waals surface area (Å²) in [5, 5.41) is 16.5. The first kappa shape index (κ1) is 10.3. The molecule has 0 saturated heterocycles. The zero-order valence-electron chi connectivity index (χ0n) is 5.21. The first-order valence-electron chi connectivity index (χ1n) is 2.39. The highest BCUT2D eigenvalue weighted by molar-refractivity contribution is 7.86. The van der Waals surface area contributed by atoms with E-state index in [-0.39, 0.29) is 0 Å². The van der Waals surface area contributed by atoms with E-state index in [9.17, 15) is 13.2 Å². The fourth-order valence-corrected chi connectivity index (χ4v) is 0.794. The Hall–Kier alpha value is -0.700. The van der Waals surface area contributed by atoms with Crippen LogP contribution in [0.1, 0.15) is 0 Å². The maximum Gasteiger partial charge on any atom is 0.324 e. The van der Waals surface area contributed by atoms with Crippen LogP contribution in [0.15, 0.2) is 0 Å². The van der Waals surface area contributed by atoms with Crippen LogP contribution >= 0.6 is 0 Å². The lowest BCUT2D eigenvalue weighted by Gasteiger charge is -2.10. The van der Waals surface area contributed by atoms with Crippen molar-refractivity contribution in [1.29, 1.82) is 0 Å². The minimum Gasteiger partial charge on any atom is -0.480 e. The van der Waals surface area contributed by atoms with Gasteiger partial charge in [0.1, 0.15) is 6.04 Å². The fourth-order valence-electron chi connectivity index (χ4n) is 0.307. The van der Waals surface area contributed by atoms with Gasteiger partial charge in [0, 0.05) is 0 Å². The molecule has 8 heteroatoms. The quantitative estimate of drug-likeness (QED) is 0.359. The second kappa shape index (κ2) is 3.13. The second-order valence-electron chi connectivity index (χ2n) is 1.77. The zero-order valence-corrected chi connectivity index (χ0v) is 6.02. The summed E-state index contributed by atoms with van der Waals surface area (Å²) in [6.07, 6.45) is 0. The van der Waals surface area contributed by atoms with Gasteiger partial charge >= 0.3 is 5.97 Å². The van der Waals surface area contributed by atoms with Gasteiger partial charge in [0.25, 0.3) is 10.1 Å². The normalized spacial score (nSPS) is 17.4. The van der Waals surface area contributed by atoms with Crippen LogP contribution in [-0.2, 0) is 14.9 Å². The van der Waals surface area contributed by atoms with Crippen LogP contribution in [0.4, 0.5) is 0 Å². The molecular formula is C3H7NO6S. The van der Waals surface area contributed by atoms with Crippen LogP contribution in [0.2, 0.25) is 0 Å². The van der Waals surface area contributed by atoms with Gasteiger partial charge in [-0.2, -0.15) is 8.42 Å². The molecule has 0 rings (SSSR count). The standard InChI is InChI=1S/C3H7NO6S/c4-1(2(5)6)3(7)11(8,9)10/h1,3,7H,4H2,(H,5,6)(H,8,9,10)/t1-,3?/m1/s1. The molecule has 0 heterocycles. The first-order valence-corrected chi connectivity index (χ1v) is 3.90. The van der Waals surface area contributed by atoms with E-state index >= 15 is 0 Å². The lowest BCUT2D eigenvalue weighted by Crippen LogP contribution is -2.45. The number of rotatable bonds is 3. The Morgan fingerprint density at radius 2 is 1.82 bits per heavy atom. The van der Waals surface area contributed by atoms with E-state index in [0.717, 1.165) is 0 Å². The summed E-state index contributed by atoms with van der Waals surface area (Å²) >= 11 is 0. The predicted molar refractivity (Wildman–Crippen MR) is 33.2 cm³/mol. The van der Waals surface area contributed by atoms with Gasteiger partial charge in [-0.25, -0.2) is 0 Å². The highest BCUT2D eigenvalue weighted by Crippen LogP contribution is 1.98. The number of aliphatic carboxylic acids is 1. The monoisotopic (exact) mass is 185 g/mol. The Labute approximate surface area is 62.2 Å².